The van der Waals surface area contributed by atoms with E-state index in [1.807, 2.05) is 12.1 Å². The molecule has 5 rings (SSSR count). The molecule has 1 aliphatic carbocycles. The second kappa shape index (κ2) is 12.0. The second-order valence-electron chi connectivity index (χ2n) is 9.75. The molecule has 1 aliphatic rings. The quantitative estimate of drug-likeness (QED) is 0.179. The monoisotopic (exact) mass is 524 g/mol. The number of aliphatic hydroxyl groups excluding tert-OH is 2. The van der Waals surface area contributed by atoms with Crippen LogP contribution in [0.15, 0.2) is 84.9 Å². The van der Waals surface area contributed by atoms with Crippen LogP contribution in [0.5, 0.6) is 11.5 Å². The number of ether oxygens (including phenoxy) is 2. The van der Waals surface area contributed by atoms with Crippen molar-refractivity contribution in [3.8, 4) is 22.6 Å². The van der Waals surface area contributed by atoms with Crippen LogP contribution in [0, 0.1) is 0 Å². The molecule has 0 atom stereocenters. The minimum atomic E-state index is -0.603. The van der Waals surface area contributed by atoms with E-state index in [0.717, 1.165) is 33.8 Å². The van der Waals surface area contributed by atoms with Gasteiger partial charge in [0, 0.05) is 50.3 Å². The van der Waals surface area contributed by atoms with E-state index >= 15 is 0 Å². The molecular weight excluding hydrogens is 488 g/mol. The SMILES string of the molecule is NCc1cc(C2(c3ccc(OCCCO)c(CN)c3)c3ccccc3-c3ccccc32)ccc1OCCCO. The van der Waals surface area contributed by atoms with Gasteiger partial charge in [0.05, 0.1) is 18.6 Å². The van der Waals surface area contributed by atoms with Gasteiger partial charge in [-0.3, -0.25) is 0 Å². The summed E-state index contributed by atoms with van der Waals surface area (Å²) in [7, 11) is 0. The summed E-state index contributed by atoms with van der Waals surface area (Å²) in [6.45, 7) is 1.67. The molecule has 6 heteroatoms. The van der Waals surface area contributed by atoms with Gasteiger partial charge in [-0.15, -0.1) is 0 Å². The maximum Gasteiger partial charge on any atom is 0.123 e. The Balaban J connectivity index is 1.74. The van der Waals surface area contributed by atoms with Crippen molar-refractivity contribution < 1.29 is 19.7 Å². The van der Waals surface area contributed by atoms with Crippen molar-refractivity contribution in [3.05, 3.63) is 118 Å². The average molecular weight is 525 g/mol. The Morgan fingerprint density at radius 2 is 1.03 bits per heavy atom. The fraction of sp³-hybridized carbons (Fsp3) is 0.273. The van der Waals surface area contributed by atoms with Crippen LogP contribution in [0.25, 0.3) is 11.1 Å². The lowest BCUT2D eigenvalue weighted by Crippen LogP contribution is -2.29. The smallest absolute Gasteiger partial charge is 0.123 e. The van der Waals surface area contributed by atoms with Crippen molar-refractivity contribution in [2.24, 2.45) is 11.5 Å². The summed E-state index contributed by atoms with van der Waals surface area (Å²) in [5.74, 6) is 1.47. The van der Waals surface area contributed by atoms with E-state index in [2.05, 4.69) is 72.8 Å². The molecule has 0 amide bonds. The number of hydrogen-bond acceptors (Lipinski definition) is 6. The van der Waals surface area contributed by atoms with Gasteiger partial charge in [-0.2, -0.15) is 0 Å². The van der Waals surface area contributed by atoms with Gasteiger partial charge in [-0.25, -0.2) is 0 Å². The molecule has 0 spiro atoms. The highest BCUT2D eigenvalue weighted by Gasteiger charge is 2.46. The highest BCUT2D eigenvalue weighted by atomic mass is 16.5. The van der Waals surface area contributed by atoms with Crippen LogP contribution in [0.2, 0.25) is 0 Å². The first-order chi connectivity index (χ1) is 19.2. The number of fused-ring (bicyclic) bond motifs is 3. The van der Waals surface area contributed by atoms with Crippen LogP contribution in [0.1, 0.15) is 46.2 Å². The summed E-state index contributed by atoms with van der Waals surface area (Å²) in [5.41, 5.74) is 20.7. The first kappa shape index (κ1) is 26.9. The standard InChI is InChI=1S/C33H36N2O4/c34-21-23-19-25(11-13-31(23)38-17-5-15-36)33(26-12-14-32(24(20-26)22-35)39-18-6-16-37)29-9-3-1-7-27(29)28-8-2-4-10-30(28)33/h1-4,7-14,19-20,36-37H,5-6,15-18,21-22,34-35H2. The number of benzene rings is 4. The molecule has 0 radical (unpaired) electrons. The van der Waals surface area contributed by atoms with Crippen LogP contribution in [-0.4, -0.2) is 36.6 Å². The number of rotatable bonds is 12. The number of nitrogens with two attached hydrogens (primary N) is 2. The third kappa shape index (κ3) is 4.81. The molecule has 4 aromatic carbocycles. The fourth-order valence-corrected chi connectivity index (χ4v) is 5.74. The first-order valence-electron chi connectivity index (χ1n) is 13.5. The summed E-state index contributed by atoms with van der Waals surface area (Å²) < 4.78 is 11.9. The van der Waals surface area contributed by atoms with Crippen molar-refractivity contribution in [1.29, 1.82) is 0 Å². The lowest BCUT2D eigenvalue weighted by molar-refractivity contribution is 0.232. The Morgan fingerprint density at radius 3 is 1.44 bits per heavy atom. The second-order valence-corrected chi connectivity index (χ2v) is 9.75. The predicted molar refractivity (Wildman–Crippen MR) is 154 cm³/mol. The van der Waals surface area contributed by atoms with E-state index in [1.165, 1.54) is 22.3 Å². The molecule has 0 saturated carbocycles. The zero-order chi connectivity index (χ0) is 27.2. The van der Waals surface area contributed by atoms with Gasteiger partial charge in [-0.1, -0.05) is 60.7 Å². The maximum atomic E-state index is 9.19. The summed E-state index contributed by atoms with van der Waals surface area (Å²) in [4.78, 5) is 0. The van der Waals surface area contributed by atoms with E-state index in [-0.39, 0.29) is 13.2 Å². The third-order valence-electron chi connectivity index (χ3n) is 7.50. The van der Waals surface area contributed by atoms with E-state index in [1.54, 1.807) is 0 Å². The number of aliphatic hydroxyl groups is 2. The summed E-state index contributed by atoms with van der Waals surface area (Å²) >= 11 is 0. The average Bonchev–Trinajstić information content (AvgIpc) is 3.29. The Kier molecular flexibility index (Phi) is 8.29. The molecule has 0 saturated heterocycles. The zero-order valence-corrected chi connectivity index (χ0v) is 22.1. The van der Waals surface area contributed by atoms with Crippen LogP contribution in [-0.2, 0) is 18.5 Å². The van der Waals surface area contributed by atoms with Gasteiger partial charge in [0.2, 0.25) is 0 Å². The van der Waals surface area contributed by atoms with E-state index in [4.69, 9.17) is 20.9 Å². The lowest BCUT2D eigenvalue weighted by Gasteiger charge is -2.35. The molecule has 39 heavy (non-hydrogen) atoms. The molecule has 0 bridgehead atoms. The van der Waals surface area contributed by atoms with Crippen LogP contribution < -0.4 is 20.9 Å². The summed E-state index contributed by atoms with van der Waals surface area (Å²) in [5, 5.41) is 18.4. The molecule has 6 N–H and O–H groups in total. The van der Waals surface area contributed by atoms with Crippen LogP contribution >= 0.6 is 0 Å². The van der Waals surface area contributed by atoms with Crippen molar-refractivity contribution in [2.75, 3.05) is 26.4 Å². The topological polar surface area (TPSA) is 111 Å². The van der Waals surface area contributed by atoms with Gasteiger partial charge in [-0.05, 0) is 57.6 Å². The first-order valence-corrected chi connectivity index (χ1v) is 13.5. The van der Waals surface area contributed by atoms with Crippen molar-refractivity contribution >= 4 is 0 Å². The lowest BCUT2D eigenvalue weighted by atomic mass is 9.67. The Hall–Kier alpha value is -3.68. The molecule has 0 fully saturated rings. The minimum absolute atomic E-state index is 0.0793. The molecule has 0 aromatic heterocycles. The van der Waals surface area contributed by atoms with Crippen LogP contribution in [0.4, 0.5) is 0 Å². The van der Waals surface area contributed by atoms with E-state index in [0.29, 0.717) is 39.1 Å². The molecule has 4 aromatic rings. The van der Waals surface area contributed by atoms with Gasteiger partial charge in [0.1, 0.15) is 11.5 Å². The maximum absolute atomic E-state index is 9.19. The highest BCUT2D eigenvalue weighted by molar-refractivity contribution is 5.86. The van der Waals surface area contributed by atoms with Crippen molar-refractivity contribution in [3.63, 3.8) is 0 Å². The van der Waals surface area contributed by atoms with Crippen LogP contribution in [0.3, 0.4) is 0 Å². The summed E-state index contributed by atoms with van der Waals surface area (Å²) in [6.07, 6.45) is 1.12. The molecule has 0 aliphatic heterocycles. The number of hydrogen-bond donors (Lipinski definition) is 4. The van der Waals surface area contributed by atoms with Crippen molar-refractivity contribution in [1.82, 2.24) is 0 Å². The third-order valence-corrected chi connectivity index (χ3v) is 7.50. The van der Waals surface area contributed by atoms with Gasteiger partial charge in [0.15, 0.2) is 0 Å². The molecule has 202 valence electrons. The highest BCUT2D eigenvalue weighted by Crippen LogP contribution is 2.56. The minimum Gasteiger partial charge on any atom is -0.493 e. The van der Waals surface area contributed by atoms with Crippen molar-refractivity contribution in [2.45, 2.75) is 31.3 Å². The summed E-state index contributed by atoms with van der Waals surface area (Å²) in [6, 6.07) is 29.7. The Labute approximate surface area is 229 Å². The largest absolute Gasteiger partial charge is 0.493 e. The van der Waals surface area contributed by atoms with E-state index in [9.17, 15) is 10.2 Å². The molecule has 6 nitrogen and oxygen atoms in total. The fourth-order valence-electron chi connectivity index (χ4n) is 5.74. The van der Waals surface area contributed by atoms with Gasteiger partial charge < -0.3 is 31.2 Å². The van der Waals surface area contributed by atoms with Gasteiger partial charge in [0.25, 0.3) is 0 Å². The Morgan fingerprint density at radius 1 is 0.590 bits per heavy atom. The van der Waals surface area contributed by atoms with E-state index < -0.39 is 5.41 Å². The molecule has 0 unspecified atom stereocenters. The van der Waals surface area contributed by atoms with Gasteiger partial charge >= 0.3 is 0 Å². The Bertz CT molecular complexity index is 1330. The zero-order valence-electron chi connectivity index (χ0n) is 22.1. The normalized spacial score (nSPS) is 13.1. The molecule has 0 heterocycles. The predicted octanol–water partition coefficient (Wildman–Crippen LogP) is 4.49. The molecular formula is C33H36N2O4.